The molecule has 0 spiro atoms. The molecular weight excluding hydrogens is 316 g/mol. The van der Waals surface area contributed by atoms with Crippen molar-refractivity contribution in [3.8, 4) is 5.75 Å². The summed E-state index contributed by atoms with van der Waals surface area (Å²) < 4.78 is 6.97. The molecule has 100 valence electrons. The van der Waals surface area contributed by atoms with Gasteiger partial charge in [-0.05, 0) is 29.8 Å². The van der Waals surface area contributed by atoms with Crippen molar-refractivity contribution in [2.45, 2.75) is 6.04 Å². The van der Waals surface area contributed by atoms with E-state index in [0.717, 1.165) is 21.5 Å². The maximum Gasteiger partial charge on any atom is 0.128 e. The lowest BCUT2D eigenvalue weighted by Gasteiger charge is -2.26. The van der Waals surface area contributed by atoms with Gasteiger partial charge in [0.05, 0.1) is 24.3 Å². The highest BCUT2D eigenvalue weighted by Gasteiger charge is 2.38. The largest absolute Gasteiger partial charge is 0.492 e. The van der Waals surface area contributed by atoms with Gasteiger partial charge in [-0.3, -0.25) is 0 Å². The number of ether oxygens (including phenoxy) is 1. The van der Waals surface area contributed by atoms with Crippen molar-refractivity contribution < 1.29 is 4.74 Å². The summed E-state index contributed by atoms with van der Waals surface area (Å²) >= 11 is 3.47. The molecular formula is C16H13BrN2O. The number of hydrazone groups is 1. The van der Waals surface area contributed by atoms with Gasteiger partial charge in [-0.2, -0.15) is 5.10 Å². The van der Waals surface area contributed by atoms with Crippen LogP contribution in [-0.4, -0.2) is 12.3 Å². The van der Waals surface area contributed by atoms with Crippen molar-refractivity contribution in [2.24, 2.45) is 11.0 Å². The van der Waals surface area contributed by atoms with E-state index in [1.165, 1.54) is 5.56 Å². The molecule has 0 radical (unpaired) electrons. The molecule has 2 heterocycles. The number of para-hydroxylation sites is 1. The Labute approximate surface area is 125 Å². The minimum atomic E-state index is 0.187. The van der Waals surface area contributed by atoms with Crippen LogP contribution in [0.15, 0.2) is 58.1 Å². The van der Waals surface area contributed by atoms with Crippen LogP contribution in [-0.2, 0) is 0 Å². The lowest BCUT2D eigenvalue weighted by molar-refractivity contribution is 0.254. The van der Waals surface area contributed by atoms with Gasteiger partial charge in [0.2, 0.25) is 0 Å². The quantitative estimate of drug-likeness (QED) is 0.869. The molecule has 20 heavy (non-hydrogen) atoms. The van der Waals surface area contributed by atoms with E-state index >= 15 is 0 Å². The lowest BCUT2D eigenvalue weighted by Crippen LogP contribution is -2.31. The number of nitrogens with zero attached hydrogens (tertiary/aromatic N) is 1. The highest BCUT2D eigenvalue weighted by molar-refractivity contribution is 9.10. The highest BCUT2D eigenvalue weighted by Crippen LogP contribution is 2.37. The van der Waals surface area contributed by atoms with Crippen LogP contribution < -0.4 is 10.2 Å². The van der Waals surface area contributed by atoms with E-state index in [4.69, 9.17) is 4.74 Å². The zero-order valence-corrected chi connectivity index (χ0v) is 12.3. The van der Waals surface area contributed by atoms with Crippen LogP contribution in [0.4, 0.5) is 0 Å². The molecule has 0 aliphatic carbocycles. The molecule has 0 amide bonds. The summed E-state index contributed by atoms with van der Waals surface area (Å²) in [4.78, 5) is 0. The van der Waals surface area contributed by atoms with E-state index in [2.05, 4.69) is 56.8 Å². The second-order valence-corrected chi connectivity index (χ2v) is 5.98. The third-order valence-corrected chi connectivity index (χ3v) is 4.42. The first-order chi connectivity index (χ1) is 9.83. The average molecular weight is 329 g/mol. The third-order valence-electron chi connectivity index (χ3n) is 3.89. The van der Waals surface area contributed by atoms with Crippen LogP contribution in [0, 0.1) is 5.92 Å². The molecule has 2 atom stereocenters. The summed E-state index contributed by atoms with van der Waals surface area (Å²) in [5.41, 5.74) is 6.72. The molecule has 2 aliphatic rings. The Balaban J connectivity index is 1.69. The molecule has 0 fully saturated rings. The van der Waals surface area contributed by atoms with Gasteiger partial charge in [0.25, 0.3) is 0 Å². The normalized spacial score (nSPS) is 23.1. The predicted molar refractivity (Wildman–Crippen MR) is 82.0 cm³/mol. The van der Waals surface area contributed by atoms with Gasteiger partial charge < -0.3 is 10.2 Å². The number of fused-ring (bicyclic) bond motifs is 3. The van der Waals surface area contributed by atoms with Crippen molar-refractivity contribution in [1.82, 2.24) is 5.43 Å². The molecule has 0 saturated heterocycles. The SMILES string of the molecule is Brc1ccc(C2NN=C3c4ccccc4OCC32)cc1. The van der Waals surface area contributed by atoms with Crippen molar-refractivity contribution in [3.63, 3.8) is 0 Å². The van der Waals surface area contributed by atoms with E-state index in [1.807, 2.05) is 18.2 Å². The van der Waals surface area contributed by atoms with E-state index < -0.39 is 0 Å². The Morgan fingerprint density at radius 1 is 1.10 bits per heavy atom. The first-order valence-corrected chi connectivity index (χ1v) is 7.43. The number of hydrogen-bond donors (Lipinski definition) is 1. The number of rotatable bonds is 1. The maximum absolute atomic E-state index is 5.88. The summed E-state index contributed by atoms with van der Waals surface area (Å²) in [6, 6.07) is 16.7. The Morgan fingerprint density at radius 3 is 2.75 bits per heavy atom. The van der Waals surface area contributed by atoms with Crippen LogP contribution in [0.1, 0.15) is 17.2 Å². The van der Waals surface area contributed by atoms with Crippen LogP contribution in [0.2, 0.25) is 0 Å². The summed E-state index contributed by atoms with van der Waals surface area (Å²) in [5.74, 6) is 1.20. The standard InChI is InChI=1S/C16H13BrN2O/c17-11-7-5-10(6-8-11)15-13-9-20-14-4-2-1-3-12(14)16(13)19-18-15/h1-8,13,15,18H,9H2. The van der Waals surface area contributed by atoms with Crippen LogP contribution in [0.3, 0.4) is 0 Å². The summed E-state index contributed by atoms with van der Waals surface area (Å²) in [7, 11) is 0. The van der Waals surface area contributed by atoms with E-state index in [9.17, 15) is 0 Å². The first-order valence-electron chi connectivity index (χ1n) is 6.64. The first kappa shape index (κ1) is 12.0. The Bertz CT molecular complexity index is 681. The van der Waals surface area contributed by atoms with Crippen molar-refractivity contribution in [2.75, 3.05) is 6.61 Å². The zero-order chi connectivity index (χ0) is 13.5. The lowest BCUT2D eigenvalue weighted by atomic mass is 9.86. The molecule has 2 aromatic rings. The number of benzene rings is 2. The van der Waals surface area contributed by atoms with Gasteiger partial charge in [-0.15, -0.1) is 0 Å². The molecule has 0 saturated carbocycles. The average Bonchev–Trinajstić information content (AvgIpc) is 2.92. The topological polar surface area (TPSA) is 33.6 Å². The summed E-state index contributed by atoms with van der Waals surface area (Å²) in [6.45, 7) is 0.670. The third kappa shape index (κ3) is 1.83. The van der Waals surface area contributed by atoms with Gasteiger partial charge in [0.1, 0.15) is 5.75 Å². The van der Waals surface area contributed by atoms with Crippen LogP contribution in [0.5, 0.6) is 5.75 Å². The molecule has 4 heteroatoms. The van der Waals surface area contributed by atoms with Gasteiger partial charge in [0, 0.05) is 10.0 Å². The summed E-state index contributed by atoms with van der Waals surface area (Å²) in [5, 5.41) is 4.55. The zero-order valence-electron chi connectivity index (χ0n) is 10.7. The van der Waals surface area contributed by atoms with E-state index in [1.54, 1.807) is 0 Å². The number of nitrogens with one attached hydrogen (secondary N) is 1. The van der Waals surface area contributed by atoms with Gasteiger partial charge in [0.15, 0.2) is 0 Å². The molecule has 2 aliphatic heterocycles. The van der Waals surface area contributed by atoms with Crippen LogP contribution >= 0.6 is 15.9 Å². The minimum absolute atomic E-state index is 0.187. The van der Waals surface area contributed by atoms with Crippen LogP contribution in [0.25, 0.3) is 0 Å². The number of hydrogen-bond acceptors (Lipinski definition) is 3. The molecule has 1 N–H and O–H groups in total. The van der Waals surface area contributed by atoms with Crippen molar-refractivity contribution in [1.29, 1.82) is 0 Å². The Morgan fingerprint density at radius 2 is 1.90 bits per heavy atom. The fraction of sp³-hybridized carbons (Fsp3) is 0.188. The molecule has 2 aromatic carbocycles. The summed E-state index contributed by atoms with van der Waals surface area (Å²) in [6.07, 6.45) is 0. The molecule has 3 nitrogen and oxygen atoms in total. The smallest absolute Gasteiger partial charge is 0.128 e. The molecule has 2 unspecified atom stereocenters. The van der Waals surface area contributed by atoms with Gasteiger partial charge in [-0.1, -0.05) is 40.2 Å². The highest BCUT2D eigenvalue weighted by atomic mass is 79.9. The van der Waals surface area contributed by atoms with Gasteiger partial charge >= 0.3 is 0 Å². The predicted octanol–water partition coefficient (Wildman–Crippen LogP) is 3.51. The van der Waals surface area contributed by atoms with Gasteiger partial charge in [-0.25, -0.2) is 0 Å². The van der Waals surface area contributed by atoms with Crippen molar-refractivity contribution in [3.05, 3.63) is 64.1 Å². The Hall–Kier alpha value is -1.81. The minimum Gasteiger partial charge on any atom is -0.492 e. The Kier molecular flexibility index (Phi) is 2.77. The maximum atomic E-state index is 5.88. The molecule has 0 aromatic heterocycles. The fourth-order valence-corrected chi connectivity index (χ4v) is 3.13. The van der Waals surface area contributed by atoms with E-state index in [-0.39, 0.29) is 12.0 Å². The second kappa shape index (κ2) is 4.63. The second-order valence-electron chi connectivity index (χ2n) is 5.07. The van der Waals surface area contributed by atoms with Crippen molar-refractivity contribution >= 4 is 21.6 Å². The molecule has 0 bridgehead atoms. The fourth-order valence-electron chi connectivity index (χ4n) is 2.87. The van der Waals surface area contributed by atoms with E-state index in [0.29, 0.717) is 6.61 Å². The monoisotopic (exact) mass is 328 g/mol. The number of halogens is 1. The molecule has 4 rings (SSSR count).